The Balaban J connectivity index is 2.66. The lowest BCUT2D eigenvalue weighted by atomic mass is 10.2. The van der Waals surface area contributed by atoms with Crippen molar-refractivity contribution in [3.05, 3.63) is 60.4 Å². The van der Waals surface area contributed by atoms with Crippen molar-refractivity contribution in [2.75, 3.05) is 5.32 Å². The van der Waals surface area contributed by atoms with Crippen LogP contribution in [0, 0.1) is 37.3 Å². The molecule has 0 fully saturated rings. The molecule has 23 heavy (non-hydrogen) atoms. The number of benzene rings is 1. The smallest absolute Gasteiger partial charge is 0.306 e. The molecule has 0 saturated carbocycles. The van der Waals surface area contributed by atoms with Crippen molar-refractivity contribution in [3.63, 3.8) is 0 Å². The van der Waals surface area contributed by atoms with Crippen molar-refractivity contribution in [1.82, 2.24) is 9.97 Å². The monoisotopic (exact) mass is 320 g/mol. The Hall–Kier alpha value is -3.70. The summed E-state index contributed by atoms with van der Waals surface area (Å²) in [4.78, 5) is 37.8. The van der Waals surface area contributed by atoms with E-state index < -0.39 is 37.5 Å². The van der Waals surface area contributed by atoms with E-state index >= 15 is 0 Å². The summed E-state index contributed by atoms with van der Waals surface area (Å²) < 4.78 is 0. The largest absolute Gasteiger partial charge is 0.313 e. The third-order valence-electron chi connectivity index (χ3n) is 2.72. The molecule has 1 aromatic carbocycles. The van der Waals surface area contributed by atoms with Gasteiger partial charge in [-0.25, -0.2) is 9.97 Å². The van der Waals surface area contributed by atoms with Gasteiger partial charge in [0.25, 0.3) is 5.69 Å². The van der Waals surface area contributed by atoms with Gasteiger partial charge in [0, 0.05) is 11.9 Å². The minimum Gasteiger partial charge on any atom is -0.313 e. The van der Waals surface area contributed by atoms with Gasteiger partial charge < -0.3 is 5.32 Å². The molecule has 1 N–H and O–H groups in total. The highest BCUT2D eigenvalue weighted by Crippen LogP contribution is 2.39. The minimum atomic E-state index is -0.960. The zero-order chi connectivity index (χ0) is 17.1. The molecule has 1 heterocycles. The van der Waals surface area contributed by atoms with Crippen LogP contribution >= 0.6 is 0 Å². The van der Waals surface area contributed by atoms with E-state index in [9.17, 15) is 30.3 Å². The second-order valence-corrected chi connectivity index (χ2v) is 4.28. The third kappa shape index (κ3) is 3.31. The summed E-state index contributed by atoms with van der Waals surface area (Å²) in [6.07, 6.45) is 1.35. The highest BCUT2D eigenvalue weighted by Gasteiger charge is 2.31. The highest BCUT2D eigenvalue weighted by atomic mass is 16.6. The average molecular weight is 320 g/mol. The summed E-state index contributed by atoms with van der Waals surface area (Å²) >= 11 is 0. The summed E-state index contributed by atoms with van der Waals surface area (Å²) in [5.41, 5.74) is -2.42. The van der Waals surface area contributed by atoms with Gasteiger partial charge in [0.15, 0.2) is 5.69 Å². The molecule has 118 valence electrons. The van der Waals surface area contributed by atoms with E-state index in [0.717, 1.165) is 0 Å². The van der Waals surface area contributed by atoms with E-state index in [0.29, 0.717) is 17.8 Å². The molecule has 12 heteroatoms. The van der Waals surface area contributed by atoms with Crippen LogP contribution in [-0.4, -0.2) is 24.7 Å². The number of aryl methyl sites for hydroxylation is 1. The predicted octanol–water partition coefficient (Wildman–Crippen LogP) is 2.25. The van der Waals surface area contributed by atoms with E-state index in [-0.39, 0.29) is 5.95 Å². The second kappa shape index (κ2) is 5.97. The maximum absolute atomic E-state index is 11.1. The lowest BCUT2D eigenvalue weighted by Gasteiger charge is -2.06. The number of hydrogen-bond donors (Lipinski definition) is 1. The SMILES string of the molecule is Cc1ccnc(Nc2c([N+](=O)[O-])cc([N+](=O)[O-])cc2[N+](=O)[O-])n1. The number of non-ortho nitro benzene ring substituents is 1. The van der Waals surface area contributed by atoms with Gasteiger partial charge in [0.05, 0.1) is 26.9 Å². The molecule has 0 amide bonds. The number of hydrogen-bond acceptors (Lipinski definition) is 9. The van der Waals surface area contributed by atoms with E-state index in [1.54, 1.807) is 13.0 Å². The molecule has 0 aliphatic rings. The van der Waals surface area contributed by atoms with Crippen LogP contribution in [0.3, 0.4) is 0 Å². The normalized spacial score (nSPS) is 10.1. The number of anilines is 2. The first-order valence-electron chi connectivity index (χ1n) is 5.97. The fourth-order valence-corrected chi connectivity index (χ4v) is 1.74. The molecule has 0 unspecified atom stereocenters. The quantitative estimate of drug-likeness (QED) is 0.641. The average Bonchev–Trinajstić information content (AvgIpc) is 2.46. The van der Waals surface area contributed by atoms with E-state index in [1.807, 2.05) is 0 Å². The van der Waals surface area contributed by atoms with E-state index in [2.05, 4.69) is 15.3 Å². The lowest BCUT2D eigenvalue weighted by molar-refractivity contribution is -0.401. The Morgan fingerprint density at radius 2 is 1.57 bits per heavy atom. The number of rotatable bonds is 5. The van der Waals surface area contributed by atoms with Crippen LogP contribution in [-0.2, 0) is 0 Å². The molecule has 12 nitrogen and oxygen atoms in total. The van der Waals surface area contributed by atoms with Crippen LogP contribution in [0.5, 0.6) is 0 Å². The van der Waals surface area contributed by atoms with Crippen molar-refractivity contribution in [2.45, 2.75) is 6.92 Å². The van der Waals surface area contributed by atoms with Gasteiger partial charge in [0.1, 0.15) is 0 Å². The molecule has 0 aliphatic carbocycles. The summed E-state index contributed by atoms with van der Waals surface area (Å²) in [7, 11) is 0. The van der Waals surface area contributed by atoms with Gasteiger partial charge in [-0.05, 0) is 13.0 Å². The van der Waals surface area contributed by atoms with Crippen LogP contribution < -0.4 is 5.32 Å². The van der Waals surface area contributed by atoms with Crippen molar-refractivity contribution in [3.8, 4) is 0 Å². The predicted molar refractivity (Wildman–Crippen MR) is 76.5 cm³/mol. The summed E-state index contributed by atoms with van der Waals surface area (Å²) in [5.74, 6) is -0.106. The van der Waals surface area contributed by atoms with Crippen molar-refractivity contribution < 1.29 is 14.8 Å². The van der Waals surface area contributed by atoms with Crippen molar-refractivity contribution >= 4 is 28.7 Å². The molecular weight excluding hydrogens is 312 g/mol. The Morgan fingerprint density at radius 3 is 2.00 bits per heavy atom. The molecule has 0 atom stereocenters. The van der Waals surface area contributed by atoms with Crippen LogP contribution in [0.2, 0.25) is 0 Å². The fraction of sp³-hybridized carbons (Fsp3) is 0.0909. The number of nitro groups is 3. The fourth-order valence-electron chi connectivity index (χ4n) is 1.74. The number of nitro benzene ring substituents is 3. The molecule has 0 saturated heterocycles. The Labute approximate surface area is 127 Å². The number of aromatic nitrogens is 2. The standard InChI is InChI=1S/C11H8N6O6/c1-6-2-3-12-11(13-6)14-10-8(16(20)21)4-7(15(18)19)5-9(10)17(22)23/h2-5H,1H3,(H,12,13,14). The van der Waals surface area contributed by atoms with Gasteiger partial charge >= 0.3 is 11.4 Å². The molecule has 0 radical (unpaired) electrons. The lowest BCUT2D eigenvalue weighted by Crippen LogP contribution is -2.05. The van der Waals surface area contributed by atoms with Crippen molar-refractivity contribution in [1.29, 1.82) is 0 Å². The first-order chi connectivity index (χ1) is 10.8. The minimum absolute atomic E-state index is 0.106. The Morgan fingerprint density at radius 1 is 1.00 bits per heavy atom. The molecule has 0 bridgehead atoms. The maximum Gasteiger partial charge on any atom is 0.306 e. The molecule has 2 rings (SSSR count). The van der Waals surface area contributed by atoms with Gasteiger partial charge in [-0.15, -0.1) is 0 Å². The summed E-state index contributed by atoms with van der Waals surface area (Å²) in [5, 5.41) is 35.4. The maximum atomic E-state index is 11.1. The topological polar surface area (TPSA) is 167 Å². The first kappa shape index (κ1) is 15.7. The highest BCUT2D eigenvalue weighted by molar-refractivity contribution is 5.79. The summed E-state index contributed by atoms with van der Waals surface area (Å²) in [6.45, 7) is 1.63. The summed E-state index contributed by atoms with van der Waals surface area (Å²) in [6, 6.07) is 2.82. The molecular formula is C11H8N6O6. The third-order valence-corrected chi connectivity index (χ3v) is 2.72. The second-order valence-electron chi connectivity index (χ2n) is 4.28. The number of nitrogens with zero attached hydrogens (tertiary/aromatic N) is 5. The van der Waals surface area contributed by atoms with Gasteiger partial charge in [-0.3, -0.25) is 30.3 Å². The molecule has 0 spiro atoms. The molecule has 2 aromatic rings. The van der Waals surface area contributed by atoms with Gasteiger partial charge in [-0.1, -0.05) is 0 Å². The molecule has 0 aliphatic heterocycles. The molecule has 1 aromatic heterocycles. The van der Waals surface area contributed by atoms with E-state index in [4.69, 9.17) is 0 Å². The van der Waals surface area contributed by atoms with Crippen molar-refractivity contribution in [2.24, 2.45) is 0 Å². The van der Waals surface area contributed by atoms with Gasteiger partial charge in [0.2, 0.25) is 5.95 Å². The first-order valence-corrected chi connectivity index (χ1v) is 5.97. The van der Waals surface area contributed by atoms with Crippen LogP contribution in [0.15, 0.2) is 24.4 Å². The van der Waals surface area contributed by atoms with Crippen LogP contribution in [0.1, 0.15) is 5.69 Å². The Kier molecular flexibility index (Phi) is 4.07. The zero-order valence-electron chi connectivity index (χ0n) is 11.5. The zero-order valence-corrected chi connectivity index (χ0v) is 11.5. The Bertz CT molecular complexity index is 787. The van der Waals surface area contributed by atoms with Crippen LogP contribution in [0.25, 0.3) is 0 Å². The number of nitrogens with one attached hydrogen (secondary N) is 1. The van der Waals surface area contributed by atoms with E-state index in [1.165, 1.54) is 6.20 Å². The van der Waals surface area contributed by atoms with Crippen LogP contribution in [0.4, 0.5) is 28.7 Å². The van der Waals surface area contributed by atoms with Gasteiger partial charge in [-0.2, -0.15) is 0 Å².